The summed E-state index contributed by atoms with van der Waals surface area (Å²) >= 11 is 0. The van der Waals surface area contributed by atoms with E-state index in [-0.39, 0.29) is 17.9 Å². The molecule has 1 saturated heterocycles. The van der Waals surface area contributed by atoms with Gasteiger partial charge in [0.2, 0.25) is 0 Å². The number of halogens is 3. The molecule has 3 amide bonds. The van der Waals surface area contributed by atoms with Crippen LogP contribution in [0.3, 0.4) is 0 Å². The fourth-order valence-electron chi connectivity index (χ4n) is 2.93. The van der Waals surface area contributed by atoms with Gasteiger partial charge in [-0.3, -0.25) is 4.79 Å². The highest BCUT2D eigenvalue weighted by atomic mass is 19.4. The Morgan fingerprint density at radius 3 is 2.42 bits per heavy atom. The molecule has 1 aliphatic rings. The molecule has 7 nitrogen and oxygen atoms in total. The molecule has 0 radical (unpaired) electrons. The summed E-state index contributed by atoms with van der Waals surface area (Å²) < 4.78 is 48.7. The molecular weight excluding hydrogens is 415 g/mol. The second-order valence-corrected chi connectivity index (χ2v) is 6.91. The third-order valence-corrected chi connectivity index (χ3v) is 4.47. The van der Waals surface area contributed by atoms with Crippen molar-refractivity contribution in [2.45, 2.75) is 25.1 Å². The Morgan fingerprint density at radius 2 is 1.77 bits per heavy atom. The minimum Gasteiger partial charge on any atom is -0.484 e. The van der Waals surface area contributed by atoms with E-state index in [4.69, 9.17) is 9.47 Å². The van der Waals surface area contributed by atoms with E-state index in [0.29, 0.717) is 24.5 Å². The van der Waals surface area contributed by atoms with Crippen LogP contribution < -0.4 is 20.7 Å². The molecule has 31 heavy (non-hydrogen) atoms. The zero-order chi connectivity index (χ0) is 22.3. The van der Waals surface area contributed by atoms with Crippen molar-refractivity contribution >= 4 is 23.3 Å². The predicted molar refractivity (Wildman–Crippen MR) is 108 cm³/mol. The van der Waals surface area contributed by atoms with Gasteiger partial charge in [-0.05, 0) is 55.3 Å². The molecule has 3 N–H and O–H groups in total. The second kappa shape index (κ2) is 10.2. The average molecular weight is 437 g/mol. The van der Waals surface area contributed by atoms with Crippen molar-refractivity contribution < 1.29 is 32.2 Å². The molecule has 1 aliphatic heterocycles. The van der Waals surface area contributed by atoms with Gasteiger partial charge in [0.05, 0.1) is 11.7 Å². The number of nitrogens with one attached hydrogen (secondary N) is 3. The van der Waals surface area contributed by atoms with Crippen LogP contribution in [0.5, 0.6) is 5.75 Å². The first-order chi connectivity index (χ1) is 14.8. The Kier molecular flexibility index (Phi) is 7.35. The molecule has 2 aromatic rings. The molecule has 3 rings (SSSR count). The van der Waals surface area contributed by atoms with Gasteiger partial charge >= 0.3 is 12.2 Å². The smallest absolute Gasteiger partial charge is 0.416 e. The quantitative estimate of drug-likeness (QED) is 0.611. The van der Waals surface area contributed by atoms with Crippen LogP contribution in [0.15, 0.2) is 48.5 Å². The molecule has 0 aliphatic carbocycles. The van der Waals surface area contributed by atoms with Crippen LogP contribution in [0, 0.1) is 0 Å². The molecule has 0 aromatic heterocycles. The van der Waals surface area contributed by atoms with Crippen molar-refractivity contribution in [1.29, 1.82) is 0 Å². The van der Waals surface area contributed by atoms with Crippen LogP contribution in [-0.2, 0) is 15.7 Å². The molecule has 1 fully saturated rings. The van der Waals surface area contributed by atoms with Gasteiger partial charge in [-0.1, -0.05) is 6.07 Å². The molecule has 166 valence electrons. The lowest BCUT2D eigenvalue weighted by molar-refractivity contribution is -0.137. The zero-order valence-corrected chi connectivity index (χ0v) is 16.5. The molecule has 1 unspecified atom stereocenters. The Labute approximate surface area is 176 Å². The topological polar surface area (TPSA) is 88.7 Å². The van der Waals surface area contributed by atoms with E-state index in [1.54, 1.807) is 24.3 Å². The van der Waals surface area contributed by atoms with Crippen LogP contribution in [-0.4, -0.2) is 37.8 Å². The summed E-state index contributed by atoms with van der Waals surface area (Å²) in [7, 11) is 0. The van der Waals surface area contributed by atoms with Crippen molar-refractivity contribution in [2.24, 2.45) is 0 Å². The Balaban J connectivity index is 1.42. The number of urea groups is 1. The molecule has 0 spiro atoms. The highest BCUT2D eigenvalue weighted by molar-refractivity contribution is 5.93. The number of hydrogen-bond donors (Lipinski definition) is 3. The van der Waals surface area contributed by atoms with Gasteiger partial charge in [0.15, 0.2) is 6.61 Å². The number of rotatable bonds is 7. The third kappa shape index (κ3) is 7.18. The number of carbonyl (C=O) groups is 2. The second-order valence-electron chi connectivity index (χ2n) is 6.91. The van der Waals surface area contributed by atoms with E-state index in [1.807, 2.05) is 0 Å². The SMILES string of the molecule is O=C(COc1cccc(C(F)(F)F)c1)Nc1ccc(NC(=O)NCC2CCCO2)cc1. The number of hydrogen-bond acceptors (Lipinski definition) is 4. The maximum Gasteiger partial charge on any atom is 0.416 e. The number of amides is 3. The van der Waals surface area contributed by atoms with Crippen molar-refractivity contribution in [2.75, 3.05) is 30.4 Å². The van der Waals surface area contributed by atoms with Gasteiger partial charge < -0.3 is 25.4 Å². The maximum absolute atomic E-state index is 12.7. The van der Waals surface area contributed by atoms with Gasteiger partial charge in [-0.15, -0.1) is 0 Å². The summed E-state index contributed by atoms with van der Waals surface area (Å²) in [6.07, 6.45) is -2.53. The fourth-order valence-corrected chi connectivity index (χ4v) is 2.93. The highest BCUT2D eigenvalue weighted by Gasteiger charge is 2.30. The zero-order valence-electron chi connectivity index (χ0n) is 16.5. The van der Waals surface area contributed by atoms with Crippen molar-refractivity contribution in [1.82, 2.24) is 5.32 Å². The summed E-state index contributed by atoms with van der Waals surface area (Å²) in [5.41, 5.74) is 0.124. The molecule has 2 aromatic carbocycles. The molecular formula is C21H22F3N3O4. The number of carbonyl (C=O) groups excluding carboxylic acids is 2. The molecule has 0 saturated carbocycles. The van der Waals surface area contributed by atoms with Crippen molar-refractivity contribution in [3.8, 4) is 5.75 Å². The monoisotopic (exact) mass is 437 g/mol. The normalized spacial score (nSPS) is 15.9. The lowest BCUT2D eigenvalue weighted by atomic mass is 10.2. The largest absolute Gasteiger partial charge is 0.484 e. The van der Waals surface area contributed by atoms with Crippen LogP contribution in [0.4, 0.5) is 29.3 Å². The minimum atomic E-state index is -4.49. The number of benzene rings is 2. The first-order valence-corrected chi connectivity index (χ1v) is 9.66. The van der Waals surface area contributed by atoms with Crippen molar-refractivity contribution in [3.63, 3.8) is 0 Å². The number of anilines is 2. The fraction of sp³-hybridized carbons (Fsp3) is 0.333. The summed E-state index contributed by atoms with van der Waals surface area (Å²) in [6, 6.07) is 10.3. The molecule has 1 atom stereocenters. The number of alkyl halides is 3. The first kappa shape index (κ1) is 22.4. The van der Waals surface area contributed by atoms with E-state index in [2.05, 4.69) is 16.0 Å². The van der Waals surface area contributed by atoms with E-state index in [1.165, 1.54) is 12.1 Å². The van der Waals surface area contributed by atoms with Crippen LogP contribution >= 0.6 is 0 Å². The van der Waals surface area contributed by atoms with Crippen LogP contribution in [0.25, 0.3) is 0 Å². The van der Waals surface area contributed by atoms with E-state index < -0.39 is 24.3 Å². The van der Waals surface area contributed by atoms with E-state index in [0.717, 1.165) is 25.0 Å². The maximum atomic E-state index is 12.7. The third-order valence-electron chi connectivity index (χ3n) is 4.47. The minimum absolute atomic E-state index is 0.0431. The van der Waals surface area contributed by atoms with E-state index in [9.17, 15) is 22.8 Å². The average Bonchev–Trinajstić information content (AvgIpc) is 3.26. The Hall–Kier alpha value is -3.27. The first-order valence-electron chi connectivity index (χ1n) is 9.66. The predicted octanol–water partition coefficient (Wildman–Crippen LogP) is 4.02. The van der Waals surface area contributed by atoms with Gasteiger partial charge in [0.25, 0.3) is 5.91 Å². The lowest BCUT2D eigenvalue weighted by Gasteiger charge is -2.12. The lowest BCUT2D eigenvalue weighted by Crippen LogP contribution is -2.35. The Morgan fingerprint density at radius 1 is 1.06 bits per heavy atom. The standard InChI is InChI=1S/C21H22F3N3O4/c22-21(23,24)14-3-1-4-17(11-14)31-13-19(28)26-15-6-8-16(9-7-15)27-20(29)25-12-18-5-2-10-30-18/h1,3-4,6-9,11,18H,2,5,10,12-13H2,(H,26,28)(H2,25,27,29). The summed E-state index contributed by atoms with van der Waals surface area (Å²) in [6.45, 7) is 0.699. The summed E-state index contributed by atoms with van der Waals surface area (Å²) in [5, 5.41) is 7.98. The van der Waals surface area contributed by atoms with E-state index >= 15 is 0 Å². The van der Waals surface area contributed by atoms with Crippen LogP contribution in [0.1, 0.15) is 18.4 Å². The van der Waals surface area contributed by atoms with Gasteiger partial charge in [-0.2, -0.15) is 13.2 Å². The molecule has 0 bridgehead atoms. The molecule has 10 heteroatoms. The number of ether oxygens (including phenoxy) is 2. The van der Waals surface area contributed by atoms with Gasteiger partial charge in [0.1, 0.15) is 5.75 Å². The van der Waals surface area contributed by atoms with Crippen molar-refractivity contribution in [3.05, 3.63) is 54.1 Å². The summed E-state index contributed by atoms with van der Waals surface area (Å²) in [4.78, 5) is 23.9. The highest BCUT2D eigenvalue weighted by Crippen LogP contribution is 2.31. The Bertz CT molecular complexity index is 897. The van der Waals surface area contributed by atoms with Gasteiger partial charge in [-0.25, -0.2) is 4.79 Å². The summed E-state index contributed by atoms with van der Waals surface area (Å²) in [5.74, 6) is -0.592. The van der Waals surface area contributed by atoms with Crippen LogP contribution in [0.2, 0.25) is 0 Å². The molecule has 1 heterocycles. The van der Waals surface area contributed by atoms with Gasteiger partial charge in [0, 0.05) is 24.5 Å².